The molecule has 80 valence electrons. The van der Waals surface area contributed by atoms with Gasteiger partial charge >= 0.3 is 6.03 Å². The Hall–Kier alpha value is -1.71. The molecule has 0 bridgehead atoms. The smallest absolute Gasteiger partial charge is 0.319 e. The fourth-order valence-electron chi connectivity index (χ4n) is 1.35. The van der Waals surface area contributed by atoms with Crippen molar-refractivity contribution in [2.75, 3.05) is 11.1 Å². The highest BCUT2D eigenvalue weighted by molar-refractivity contribution is 5.91. The predicted octanol–water partition coefficient (Wildman–Crippen LogP) is 1.86. The van der Waals surface area contributed by atoms with Crippen molar-refractivity contribution < 1.29 is 4.79 Å². The third kappa shape index (κ3) is 2.62. The van der Waals surface area contributed by atoms with Crippen molar-refractivity contribution in [3.8, 4) is 0 Å². The average molecular weight is 205 g/mol. The summed E-state index contributed by atoms with van der Waals surface area (Å²) in [4.78, 5) is 11.5. The number of rotatable bonds is 2. The summed E-state index contributed by atoms with van der Waals surface area (Å²) >= 11 is 0. The molecule has 2 rings (SSSR count). The zero-order valence-electron chi connectivity index (χ0n) is 8.71. The third-order valence-corrected chi connectivity index (χ3v) is 2.42. The van der Waals surface area contributed by atoms with Gasteiger partial charge in [0.05, 0.1) is 0 Å². The molecule has 0 atom stereocenters. The lowest BCUT2D eigenvalue weighted by Crippen LogP contribution is -2.30. The molecule has 1 aromatic rings. The Labute approximate surface area is 88.9 Å². The molecular weight excluding hydrogens is 190 g/mol. The molecule has 4 nitrogen and oxygen atoms in total. The normalized spacial score (nSPS) is 14.7. The number of amides is 2. The predicted molar refractivity (Wildman–Crippen MR) is 60.8 cm³/mol. The lowest BCUT2D eigenvalue weighted by atomic mass is 10.2. The standard InChI is InChI=1S/C11H15N3O/c1-7-2-3-8(12)6-10(7)14-11(15)13-9-4-5-9/h2-3,6,9H,4-5,12H2,1H3,(H2,13,14,15). The number of carbonyl (C=O) groups excluding carboxylic acids is 1. The van der Waals surface area contributed by atoms with Gasteiger partial charge in [0.2, 0.25) is 0 Å². The summed E-state index contributed by atoms with van der Waals surface area (Å²) < 4.78 is 0. The molecule has 15 heavy (non-hydrogen) atoms. The molecule has 1 aromatic carbocycles. The summed E-state index contributed by atoms with van der Waals surface area (Å²) in [7, 11) is 0. The van der Waals surface area contributed by atoms with Crippen LogP contribution in [0.15, 0.2) is 18.2 Å². The number of urea groups is 1. The molecule has 1 aliphatic carbocycles. The maximum absolute atomic E-state index is 11.5. The monoisotopic (exact) mass is 205 g/mol. The summed E-state index contributed by atoms with van der Waals surface area (Å²) in [5, 5.41) is 5.65. The molecular formula is C11H15N3O. The van der Waals surface area contributed by atoms with E-state index in [4.69, 9.17) is 5.73 Å². The van der Waals surface area contributed by atoms with Crippen molar-refractivity contribution in [3.05, 3.63) is 23.8 Å². The third-order valence-electron chi connectivity index (χ3n) is 2.42. The van der Waals surface area contributed by atoms with Gasteiger partial charge in [-0.2, -0.15) is 0 Å². The van der Waals surface area contributed by atoms with Gasteiger partial charge in [0.25, 0.3) is 0 Å². The van der Waals surface area contributed by atoms with Crippen molar-refractivity contribution in [2.24, 2.45) is 0 Å². The lowest BCUT2D eigenvalue weighted by molar-refractivity contribution is 0.251. The molecule has 0 aliphatic heterocycles. The number of hydrogen-bond acceptors (Lipinski definition) is 2. The molecule has 0 saturated heterocycles. The van der Waals surface area contributed by atoms with E-state index >= 15 is 0 Å². The first-order valence-corrected chi connectivity index (χ1v) is 5.09. The van der Waals surface area contributed by atoms with E-state index in [0.29, 0.717) is 11.7 Å². The van der Waals surface area contributed by atoms with Crippen LogP contribution >= 0.6 is 0 Å². The summed E-state index contributed by atoms with van der Waals surface area (Å²) in [6.45, 7) is 1.94. The van der Waals surface area contributed by atoms with Gasteiger partial charge in [-0.05, 0) is 37.5 Å². The second-order valence-electron chi connectivity index (χ2n) is 3.95. The van der Waals surface area contributed by atoms with Crippen molar-refractivity contribution in [2.45, 2.75) is 25.8 Å². The number of anilines is 2. The number of hydrogen-bond donors (Lipinski definition) is 3. The summed E-state index contributed by atoms with van der Waals surface area (Å²) in [5.41, 5.74) is 8.08. The molecule has 2 amide bonds. The van der Waals surface area contributed by atoms with Crippen molar-refractivity contribution in [3.63, 3.8) is 0 Å². The van der Waals surface area contributed by atoms with Crippen LogP contribution in [0.3, 0.4) is 0 Å². The second-order valence-corrected chi connectivity index (χ2v) is 3.95. The molecule has 0 spiro atoms. The van der Waals surface area contributed by atoms with Gasteiger partial charge in [-0.3, -0.25) is 0 Å². The summed E-state index contributed by atoms with van der Waals surface area (Å²) in [5.74, 6) is 0. The highest BCUT2D eigenvalue weighted by atomic mass is 16.2. The first kappa shape index (κ1) is 9.83. The Balaban J connectivity index is 2.01. The Morgan fingerprint density at radius 2 is 2.20 bits per heavy atom. The first-order chi connectivity index (χ1) is 7.15. The van der Waals surface area contributed by atoms with Gasteiger partial charge in [-0.25, -0.2) is 4.79 Å². The minimum atomic E-state index is -0.147. The van der Waals surface area contributed by atoms with Crippen LogP contribution < -0.4 is 16.4 Å². The molecule has 1 aliphatic rings. The molecule has 0 radical (unpaired) electrons. The molecule has 0 heterocycles. The number of aryl methyl sites for hydroxylation is 1. The van der Waals surface area contributed by atoms with Crippen LogP contribution in [0.25, 0.3) is 0 Å². The Morgan fingerprint density at radius 1 is 1.47 bits per heavy atom. The number of benzene rings is 1. The molecule has 1 saturated carbocycles. The Bertz CT molecular complexity index is 385. The molecule has 4 N–H and O–H groups in total. The van der Waals surface area contributed by atoms with Crippen LogP contribution in [0.1, 0.15) is 18.4 Å². The van der Waals surface area contributed by atoms with Crippen LogP contribution in [0.4, 0.5) is 16.2 Å². The second kappa shape index (κ2) is 3.81. The fraction of sp³-hybridized carbons (Fsp3) is 0.364. The lowest BCUT2D eigenvalue weighted by Gasteiger charge is -2.09. The van der Waals surface area contributed by atoms with Gasteiger partial charge in [-0.1, -0.05) is 6.07 Å². The molecule has 0 aromatic heterocycles. The van der Waals surface area contributed by atoms with Gasteiger partial charge in [0.1, 0.15) is 0 Å². The molecule has 1 fully saturated rings. The number of nitrogen functional groups attached to an aromatic ring is 1. The summed E-state index contributed by atoms with van der Waals surface area (Å²) in [6, 6.07) is 5.70. The maximum Gasteiger partial charge on any atom is 0.319 e. The van der Waals surface area contributed by atoms with E-state index in [-0.39, 0.29) is 6.03 Å². The average Bonchev–Trinajstić information content (AvgIpc) is 2.95. The van der Waals surface area contributed by atoms with E-state index in [2.05, 4.69) is 10.6 Å². The highest BCUT2D eigenvalue weighted by Crippen LogP contribution is 2.20. The van der Waals surface area contributed by atoms with Crippen LogP contribution in [0.5, 0.6) is 0 Å². The van der Waals surface area contributed by atoms with E-state index in [1.54, 1.807) is 6.07 Å². The number of nitrogens with two attached hydrogens (primary N) is 1. The van der Waals surface area contributed by atoms with Crippen LogP contribution in [0, 0.1) is 6.92 Å². The minimum Gasteiger partial charge on any atom is -0.399 e. The van der Waals surface area contributed by atoms with E-state index < -0.39 is 0 Å². The van der Waals surface area contributed by atoms with Crippen LogP contribution in [0.2, 0.25) is 0 Å². The zero-order chi connectivity index (χ0) is 10.8. The zero-order valence-corrected chi connectivity index (χ0v) is 8.71. The van der Waals surface area contributed by atoms with E-state index in [1.807, 2.05) is 19.1 Å². The largest absolute Gasteiger partial charge is 0.399 e. The van der Waals surface area contributed by atoms with E-state index in [9.17, 15) is 4.79 Å². The Morgan fingerprint density at radius 3 is 2.87 bits per heavy atom. The van der Waals surface area contributed by atoms with Crippen molar-refractivity contribution in [1.82, 2.24) is 5.32 Å². The SMILES string of the molecule is Cc1ccc(N)cc1NC(=O)NC1CC1. The van der Waals surface area contributed by atoms with Crippen LogP contribution in [-0.4, -0.2) is 12.1 Å². The topological polar surface area (TPSA) is 67.1 Å². The van der Waals surface area contributed by atoms with Crippen molar-refractivity contribution >= 4 is 17.4 Å². The first-order valence-electron chi connectivity index (χ1n) is 5.09. The van der Waals surface area contributed by atoms with E-state index in [0.717, 1.165) is 24.1 Å². The van der Waals surface area contributed by atoms with Gasteiger partial charge in [-0.15, -0.1) is 0 Å². The number of carbonyl (C=O) groups is 1. The number of nitrogens with one attached hydrogen (secondary N) is 2. The van der Waals surface area contributed by atoms with E-state index in [1.165, 1.54) is 0 Å². The highest BCUT2D eigenvalue weighted by Gasteiger charge is 2.23. The molecule has 4 heteroatoms. The van der Waals surface area contributed by atoms with Crippen molar-refractivity contribution in [1.29, 1.82) is 0 Å². The fourth-order valence-corrected chi connectivity index (χ4v) is 1.35. The van der Waals surface area contributed by atoms with Gasteiger partial charge in [0, 0.05) is 17.4 Å². The maximum atomic E-state index is 11.5. The minimum absolute atomic E-state index is 0.147. The quantitative estimate of drug-likeness (QED) is 0.645. The van der Waals surface area contributed by atoms with Crippen LogP contribution in [-0.2, 0) is 0 Å². The van der Waals surface area contributed by atoms with Gasteiger partial charge < -0.3 is 16.4 Å². The van der Waals surface area contributed by atoms with Gasteiger partial charge in [0.15, 0.2) is 0 Å². The molecule has 0 unspecified atom stereocenters. The Kier molecular flexibility index (Phi) is 2.49. The summed E-state index contributed by atoms with van der Waals surface area (Å²) in [6.07, 6.45) is 2.17.